The fourth-order valence-electron chi connectivity index (χ4n) is 0.811. The van der Waals surface area contributed by atoms with Crippen molar-refractivity contribution in [1.82, 2.24) is 0 Å². The Labute approximate surface area is 90.2 Å². The first-order chi connectivity index (χ1) is 6.83. The highest BCUT2D eigenvalue weighted by atomic mass is 32.2. The van der Waals surface area contributed by atoms with Gasteiger partial charge >= 0.3 is 12.1 Å². The van der Waals surface area contributed by atoms with Gasteiger partial charge in [0.2, 0.25) is 0 Å². The van der Waals surface area contributed by atoms with Crippen LogP contribution < -0.4 is 5.73 Å². The number of aliphatic carboxylic acids is 1. The van der Waals surface area contributed by atoms with E-state index in [2.05, 4.69) is 0 Å². The number of carbonyl (C=O) groups is 1. The number of halogens is 3. The average Bonchev–Trinajstić information content (AvgIpc) is 2.08. The topological polar surface area (TPSA) is 63.3 Å². The van der Waals surface area contributed by atoms with Crippen molar-refractivity contribution >= 4 is 17.7 Å². The minimum absolute atomic E-state index is 0.0659. The van der Waals surface area contributed by atoms with E-state index in [1.807, 2.05) is 0 Å². The van der Waals surface area contributed by atoms with Gasteiger partial charge in [0.25, 0.3) is 0 Å². The van der Waals surface area contributed by atoms with E-state index in [-0.39, 0.29) is 12.8 Å². The fraction of sp³-hybridized carbons (Fsp3) is 0.875. The molecule has 0 spiro atoms. The molecule has 0 bridgehead atoms. The van der Waals surface area contributed by atoms with Gasteiger partial charge < -0.3 is 10.8 Å². The predicted molar refractivity (Wildman–Crippen MR) is 52.8 cm³/mol. The first kappa shape index (κ1) is 14.6. The van der Waals surface area contributed by atoms with Gasteiger partial charge in [0, 0.05) is 6.42 Å². The van der Waals surface area contributed by atoms with Gasteiger partial charge in [0.05, 0.1) is 0 Å². The molecule has 0 heterocycles. The largest absolute Gasteiger partial charge is 0.480 e. The van der Waals surface area contributed by atoms with Gasteiger partial charge in [0.15, 0.2) is 0 Å². The lowest BCUT2D eigenvalue weighted by Gasteiger charge is -2.07. The summed E-state index contributed by atoms with van der Waals surface area (Å²) in [5.74, 6) is -0.220. The third kappa shape index (κ3) is 9.86. The summed E-state index contributed by atoms with van der Waals surface area (Å²) < 4.78 is 35.1. The molecule has 7 heteroatoms. The van der Waals surface area contributed by atoms with Crippen molar-refractivity contribution in [3.05, 3.63) is 0 Å². The number of hydrogen-bond acceptors (Lipinski definition) is 3. The molecule has 0 radical (unpaired) electrons. The summed E-state index contributed by atoms with van der Waals surface area (Å²) in [6, 6.07) is -0.917. The Morgan fingerprint density at radius 2 is 2.00 bits per heavy atom. The Hall–Kier alpha value is -0.430. The third-order valence-electron chi connectivity index (χ3n) is 1.64. The number of hydrogen-bond donors (Lipinski definition) is 2. The Morgan fingerprint density at radius 3 is 2.47 bits per heavy atom. The SMILES string of the molecule is NC(CCSCCCC(F)(F)F)C(=O)O. The molecule has 0 aromatic heterocycles. The molecule has 0 saturated heterocycles. The van der Waals surface area contributed by atoms with E-state index in [1.165, 1.54) is 11.8 Å². The highest BCUT2D eigenvalue weighted by molar-refractivity contribution is 7.99. The molecule has 1 unspecified atom stereocenters. The molecule has 1 atom stereocenters. The molecule has 0 aliphatic rings. The van der Waals surface area contributed by atoms with Gasteiger partial charge in [0.1, 0.15) is 6.04 Å². The maximum absolute atomic E-state index is 11.7. The van der Waals surface area contributed by atoms with Crippen LogP contribution in [0.5, 0.6) is 0 Å². The van der Waals surface area contributed by atoms with E-state index in [4.69, 9.17) is 10.8 Å². The number of thioether (sulfide) groups is 1. The Balaban J connectivity index is 3.29. The molecular formula is C8H14F3NO2S. The minimum Gasteiger partial charge on any atom is -0.480 e. The molecule has 0 aromatic rings. The second-order valence-electron chi connectivity index (χ2n) is 3.06. The number of carboxylic acid groups (broad SMARTS) is 1. The summed E-state index contributed by atoms with van der Waals surface area (Å²) in [6.45, 7) is 0. The summed E-state index contributed by atoms with van der Waals surface area (Å²) in [6.07, 6.45) is -4.54. The summed E-state index contributed by atoms with van der Waals surface area (Å²) >= 11 is 1.30. The monoisotopic (exact) mass is 245 g/mol. The van der Waals surface area contributed by atoms with E-state index in [1.54, 1.807) is 0 Å². The summed E-state index contributed by atoms with van der Waals surface area (Å²) in [5, 5.41) is 8.41. The van der Waals surface area contributed by atoms with Crippen LogP contribution in [0, 0.1) is 0 Å². The standard InChI is InChI=1S/C8H14F3NO2S/c9-8(10,11)3-1-4-15-5-2-6(12)7(13)14/h6H,1-5,12H2,(H,13,14). The van der Waals surface area contributed by atoms with Crippen molar-refractivity contribution in [3.63, 3.8) is 0 Å². The average molecular weight is 245 g/mol. The molecule has 90 valence electrons. The zero-order valence-electron chi connectivity index (χ0n) is 8.09. The lowest BCUT2D eigenvalue weighted by Crippen LogP contribution is -2.30. The van der Waals surface area contributed by atoms with Crippen LogP contribution in [-0.2, 0) is 4.79 Å². The van der Waals surface area contributed by atoms with Crippen molar-refractivity contribution in [2.45, 2.75) is 31.5 Å². The smallest absolute Gasteiger partial charge is 0.389 e. The molecule has 0 fully saturated rings. The zero-order valence-corrected chi connectivity index (χ0v) is 8.90. The molecule has 0 aromatic carbocycles. The molecule has 3 N–H and O–H groups in total. The van der Waals surface area contributed by atoms with E-state index >= 15 is 0 Å². The molecular weight excluding hydrogens is 231 g/mol. The number of nitrogens with two attached hydrogens (primary N) is 1. The number of carboxylic acids is 1. The predicted octanol–water partition coefficient (Wildman–Crippen LogP) is 1.86. The van der Waals surface area contributed by atoms with Gasteiger partial charge in [-0.3, -0.25) is 4.79 Å². The number of rotatable bonds is 7. The van der Waals surface area contributed by atoms with Gasteiger partial charge in [-0.1, -0.05) is 0 Å². The zero-order chi connectivity index (χ0) is 11.9. The molecule has 0 amide bonds. The van der Waals surface area contributed by atoms with Crippen LogP contribution in [0.25, 0.3) is 0 Å². The summed E-state index contributed by atoms with van der Waals surface area (Å²) in [4.78, 5) is 10.3. The first-order valence-electron chi connectivity index (χ1n) is 4.46. The number of alkyl halides is 3. The summed E-state index contributed by atoms with van der Waals surface area (Å²) in [5.41, 5.74) is 5.21. The Bertz CT molecular complexity index is 199. The second kappa shape index (κ2) is 6.95. The van der Waals surface area contributed by atoms with Crippen LogP contribution in [0.2, 0.25) is 0 Å². The van der Waals surface area contributed by atoms with E-state index in [9.17, 15) is 18.0 Å². The first-order valence-corrected chi connectivity index (χ1v) is 5.61. The highest BCUT2D eigenvalue weighted by Gasteiger charge is 2.25. The van der Waals surface area contributed by atoms with Crippen molar-refractivity contribution < 1.29 is 23.1 Å². The van der Waals surface area contributed by atoms with Crippen LogP contribution in [-0.4, -0.2) is 34.8 Å². The molecule has 0 rings (SSSR count). The van der Waals surface area contributed by atoms with Gasteiger partial charge in [-0.2, -0.15) is 24.9 Å². The van der Waals surface area contributed by atoms with Crippen LogP contribution in [0.4, 0.5) is 13.2 Å². The highest BCUT2D eigenvalue weighted by Crippen LogP contribution is 2.22. The normalized spacial score (nSPS) is 13.9. The summed E-state index contributed by atoms with van der Waals surface area (Å²) in [7, 11) is 0. The van der Waals surface area contributed by atoms with Crippen LogP contribution in [0.15, 0.2) is 0 Å². The van der Waals surface area contributed by atoms with Crippen molar-refractivity contribution in [3.8, 4) is 0 Å². The molecule has 0 aliphatic heterocycles. The van der Waals surface area contributed by atoms with Crippen molar-refractivity contribution in [2.24, 2.45) is 5.73 Å². The van der Waals surface area contributed by atoms with Crippen molar-refractivity contribution in [2.75, 3.05) is 11.5 Å². The fourth-order valence-corrected chi connectivity index (χ4v) is 1.78. The Morgan fingerprint density at radius 1 is 1.40 bits per heavy atom. The van der Waals surface area contributed by atoms with Crippen LogP contribution in [0.3, 0.4) is 0 Å². The van der Waals surface area contributed by atoms with Gasteiger partial charge in [-0.05, 0) is 24.3 Å². The van der Waals surface area contributed by atoms with Crippen molar-refractivity contribution in [1.29, 1.82) is 0 Å². The van der Waals surface area contributed by atoms with Crippen LogP contribution >= 0.6 is 11.8 Å². The lowest BCUT2D eigenvalue weighted by molar-refractivity contribution is -0.138. The van der Waals surface area contributed by atoms with E-state index < -0.39 is 24.6 Å². The Kier molecular flexibility index (Phi) is 6.75. The molecule has 15 heavy (non-hydrogen) atoms. The third-order valence-corrected chi connectivity index (χ3v) is 2.74. The molecule has 0 aliphatic carbocycles. The molecule has 0 saturated carbocycles. The van der Waals surface area contributed by atoms with E-state index in [0.29, 0.717) is 11.5 Å². The minimum atomic E-state index is -4.10. The maximum Gasteiger partial charge on any atom is 0.389 e. The second-order valence-corrected chi connectivity index (χ2v) is 4.29. The van der Waals surface area contributed by atoms with Gasteiger partial charge in [-0.25, -0.2) is 0 Å². The lowest BCUT2D eigenvalue weighted by atomic mass is 10.2. The quantitative estimate of drug-likeness (QED) is 0.672. The van der Waals surface area contributed by atoms with E-state index in [0.717, 1.165) is 0 Å². The van der Waals surface area contributed by atoms with Crippen LogP contribution in [0.1, 0.15) is 19.3 Å². The maximum atomic E-state index is 11.7. The van der Waals surface area contributed by atoms with Gasteiger partial charge in [-0.15, -0.1) is 0 Å². The molecule has 3 nitrogen and oxygen atoms in total.